The van der Waals surface area contributed by atoms with Gasteiger partial charge in [0.15, 0.2) is 5.78 Å². The van der Waals surface area contributed by atoms with Gasteiger partial charge in [-0.25, -0.2) is 0 Å². The van der Waals surface area contributed by atoms with Crippen LogP contribution in [0, 0.1) is 0 Å². The second kappa shape index (κ2) is 3.66. The number of Topliss-reactive ketones (excluding diaryl/α,β-unsaturated/α-hetero) is 1. The molecule has 46 valence electrons. The Morgan fingerprint density at radius 3 is 2.50 bits per heavy atom. The number of ketones is 1. The highest BCUT2D eigenvalue weighted by Crippen LogP contribution is 1.92. The third kappa shape index (κ3) is 2.12. The predicted molar refractivity (Wildman–Crippen MR) is 37.9 cm³/mol. The fourth-order valence-electron chi connectivity index (χ4n) is 0.315. The number of carbonyl (C=O) groups excluding carboxylic acids is 1. The van der Waals surface area contributed by atoms with E-state index < -0.39 is 0 Å². The highest BCUT2D eigenvalue weighted by molar-refractivity contribution is 7.80. The van der Waals surface area contributed by atoms with Crippen molar-refractivity contribution in [2.75, 3.05) is 5.75 Å². The Labute approximate surface area is 54.4 Å². The molecule has 0 N–H and O–H groups in total. The molecule has 0 fully saturated rings. The molecule has 0 radical (unpaired) electrons. The summed E-state index contributed by atoms with van der Waals surface area (Å²) in [5.74, 6) is 0.480. The Morgan fingerprint density at radius 2 is 2.50 bits per heavy atom. The molecule has 3 heteroatoms. The van der Waals surface area contributed by atoms with E-state index in [2.05, 4.69) is 24.3 Å². The minimum atomic E-state index is -0.307. The first-order valence-electron chi connectivity index (χ1n) is 2.29. The van der Waals surface area contributed by atoms with E-state index in [4.69, 9.17) is 0 Å². The van der Waals surface area contributed by atoms with Gasteiger partial charge in [0.1, 0.15) is 6.04 Å². The van der Waals surface area contributed by atoms with E-state index in [9.17, 15) is 4.79 Å². The number of thiol groups is 1. The van der Waals surface area contributed by atoms with Crippen molar-refractivity contribution in [3.63, 3.8) is 0 Å². The van der Waals surface area contributed by atoms with Crippen molar-refractivity contribution in [3.05, 3.63) is 0 Å². The van der Waals surface area contributed by atoms with Crippen LogP contribution in [0.3, 0.4) is 0 Å². The number of nitrogens with zero attached hydrogens (tertiary/aromatic N) is 1. The number of carbonyl (C=O) groups is 1. The van der Waals surface area contributed by atoms with Gasteiger partial charge in [0.05, 0.1) is 0 Å². The van der Waals surface area contributed by atoms with Crippen molar-refractivity contribution in [3.8, 4) is 0 Å². The standard InChI is InChI=1S/C5H9NOS/c1-4(7)5(3-8)6-2/h5,8H,2-3H2,1H3/t5-/m0/s1. The van der Waals surface area contributed by atoms with Gasteiger partial charge >= 0.3 is 0 Å². The first-order chi connectivity index (χ1) is 3.72. The molecule has 0 aromatic heterocycles. The molecule has 8 heavy (non-hydrogen) atoms. The monoisotopic (exact) mass is 131 g/mol. The van der Waals surface area contributed by atoms with Gasteiger partial charge in [-0.15, -0.1) is 0 Å². The van der Waals surface area contributed by atoms with Crippen LogP contribution >= 0.6 is 12.6 Å². The highest BCUT2D eigenvalue weighted by Gasteiger charge is 2.06. The average Bonchev–Trinajstić information content (AvgIpc) is 1.69. The van der Waals surface area contributed by atoms with E-state index in [1.165, 1.54) is 6.92 Å². The van der Waals surface area contributed by atoms with E-state index in [0.29, 0.717) is 5.75 Å². The van der Waals surface area contributed by atoms with Crippen LogP contribution in [0.4, 0.5) is 0 Å². The summed E-state index contributed by atoms with van der Waals surface area (Å²) < 4.78 is 0. The van der Waals surface area contributed by atoms with Gasteiger partial charge in [-0.3, -0.25) is 9.79 Å². The lowest BCUT2D eigenvalue weighted by Crippen LogP contribution is -2.15. The minimum absolute atomic E-state index is 0.0231. The molecule has 0 rings (SSSR count). The smallest absolute Gasteiger partial charge is 0.155 e. The van der Waals surface area contributed by atoms with Gasteiger partial charge in [-0.05, 0) is 13.6 Å². The van der Waals surface area contributed by atoms with Gasteiger partial charge in [-0.2, -0.15) is 12.6 Å². The zero-order valence-corrected chi connectivity index (χ0v) is 5.69. The molecule has 0 spiro atoms. The van der Waals surface area contributed by atoms with E-state index in [-0.39, 0.29) is 11.8 Å². The van der Waals surface area contributed by atoms with E-state index in [0.717, 1.165) is 0 Å². The fraction of sp³-hybridized carbons (Fsp3) is 0.600. The zero-order valence-electron chi connectivity index (χ0n) is 4.79. The molecule has 0 heterocycles. The molecule has 0 unspecified atom stereocenters. The Kier molecular flexibility index (Phi) is 3.52. The predicted octanol–water partition coefficient (Wildman–Crippen LogP) is 0.574. The van der Waals surface area contributed by atoms with Crippen molar-refractivity contribution in [2.45, 2.75) is 13.0 Å². The van der Waals surface area contributed by atoms with Crippen LogP contribution in [0.5, 0.6) is 0 Å². The molecule has 0 aliphatic heterocycles. The maximum Gasteiger partial charge on any atom is 0.155 e. The van der Waals surface area contributed by atoms with Crippen molar-refractivity contribution < 1.29 is 4.79 Å². The molecule has 0 aromatic rings. The quantitative estimate of drug-likeness (QED) is 0.440. The van der Waals surface area contributed by atoms with Gasteiger partial charge in [0, 0.05) is 5.75 Å². The van der Waals surface area contributed by atoms with Gasteiger partial charge < -0.3 is 0 Å². The van der Waals surface area contributed by atoms with Crippen molar-refractivity contribution in [2.24, 2.45) is 4.99 Å². The largest absolute Gasteiger partial charge is 0.298 e. The van der Waals surface area contributed by atoms with Crippen molar-refractivity contribution >= 4 is 25.1 Å². The summed E-state index contributed by atoms with van der Waals surface area (Å²) in [5.41, 5.74) is 0. The molecule has 0 saturated heterocycles. The molecule has 0 aliphatic carbocycles. The number of hydrogen-bond acceptors (Lipinski definition) is 3. The Morgan fingerprint density at radius 1 is 2.00 bits per heavy atom. The molecule has 0 amide bonds. The summed E-state index contributed by atoms with van der Waals surface area (Å²) >= 11 is 3.88. The van der Waals surface area contributed by atoms with Crippen LogP contribution in [0.15, 0.2) is 4.99 Å². The second-order valence-electron chi connectivity index (χ2n) is 1.49. The maximum absolute atomic E-state index is 10.4. The van der Waals surface area contributed by atoms with Crippen molar-refractivity contribution in [1.82, 2.24) is 0 Å². The average molecular weight is 131 g/mol. The number of rotatable bonds is 3. The van der Waals surface area contributed by atoms with Crippen LogP contribution in [0.1, 0.15) is 6.92 Å². The molecule has 0 aromatic carbocycles. The molecular formula is C5H9NOS. The SMILES string of the molecule is C=N[C@@H](CS)C(C)=O. The molecule has 0 bridgehead atoms. The highest BCUT2D eigenvalue weighted by atomic mass is 32.1. The van der Waals surface area contributed by atoms with E-state index >= 15 is 0 Å². The summed E-state index contributed by atoms with van der Waals surface area (Å²) in [4.78, 5) is 14.0. The molecule has 1 atom stereocenters. The van der Waals surface area contributed by atoms with Gasteiger partial charge in [0.2, 0.25) is 0 Å². The normalized spacial score (nSPS) is 12.8. The lowest BCUT2D eigenvalue weighted by atomic mass is 10.2. The number of aliphatic imine (C=N–C) groups is 1. The topological polar surface area (TPSA) is 29.4 Å². The van der Waals surface area contributed by atoms with Crippen LogP contribution < -0.4 is 0 Å². The molecular weight excluding hydrogens is 122 g/mol. The summed E-state index contributed by atoms with van der Waals surface area (Å²) in [6, 6.07) is -0.307. The lowest BCUT2D eigenvalue weighted by Gasteiger charge is -1.99. The summed E-state index contributed by atoms with van der Waals surface area (Å²) in [7, 11) is 0. The minimum Gasteiger partial charge on any atom is -0.298 e. The summed E-state index contributed by atoms with van der Waals surface area (Å²) in [5, 5.41) is 0. The maximum atomic E-state index is 10.4. The van der Waals surface area contributed by atoms with Gasteiger partial charge in [0.25, 0.3) is 0 Å². The first-order valence-corrected chi connectivity index (χ1v) is 2.92. The van der Waals surface area contributed by atoms with Gasteiger partial charge in [-0.1, -0.05) is 0 Å². The second-order valence-corrected chi connectivity index (χ2v) is 1.86. The Balaban J connectivity index is 3.69. The van der Waals surface area contributed by atoms with E-state index in [1.54, 1.807) is 0 Å². The van der Waals surface area contributed by atoms with E-state index in [1.807, 2.05) is 0 Å². The Bertz CT molecular complexity index is 103. The Hall–Kier alpha value is -0.310. The zero-order chi connectivity index (χ0) is 6.57. The van der Waals surface area contributed by atoms with Crippen LogP contribution in [-0.4, -0.2) is 24.3 Å². The molecule has 2 nitrogen and oxygen atoms in total. The third-order valence-electron chi connectivity index (χ3n) is 0.863. The van der Waals surface area contributed by atoms with Crippen LogP contribution in [0.25, 0.3) is 0 Å². The molecule has 0 saturated carbocycles. The lowest BCUT2D eigenvalue weighted by molar-refractivity contribution is -0.117. The van der Waals surface area contributed by atoms with Crippen molar-refractivity contribution in [1.29, 1.82) is 0 Å². The van der Waals surface area contributed by atoms with Crippen LogP contribution in [0.2, 0.25) is 0 Å². The number of hydrogen-bond donors (Lipinski definition) is 1. The fourth-order valence-corrected chi connectivity index (χ4v) is 0.687. The first kappa shape index (κ1) is 7.69. The summed E-state index contributed by atoms with van der Waals surface area (Å²) in [6.07, 6.45) is 0. The van der Waals surface area contributed by atoms with Crippen LogP contribution in [-0.2, 0) is 4.79 Å². The summed E-state index contributed by atoms with van der Waals surface area (Å²) in [6.45, 7) is 4.72. The molecule has 0 aliphatic rings. The third-order valence-corrected chi connectivity index (χ3v) is 1.21.